The quantitative estimate of drug-likeness (QED) is 0.346. The molecule has 0 saturated carbocycles. The second-order valence-electron chi connectivity index (χ2n) is 7.51. The van der Waals surface area contributed by atoms with E-state index >= 15 is 0 Å². The van der Waals surface area contributed by atoms with Crippen LogP contribution in [0.25, 0.3) is 0 Å². The number of hydrogen-bond acceptors (Lipinski definition) is 4. The molecule has 2 aromatic rings. The Bertz CT molecular complexity index is 1110. The monoisotopic (exact) mass is 572 g/mol. The van der Waals surface area contributed by atoms with E-state index < -0.39 is 18.2 Å². The standard InChI is InChI=1S/C22H19Cl4F3N2O2S/c1-3-34-11(2)20(32)30-10-13-5-4-12(6-15(13)23)18-9-21(33-31-18,22(27,28)29)14-7-16(24)19(26)17(25)8-14/h4-8,11H,3,9-10H2,1-2H3,(H,30,32). The average Bonchev–Trinajstić information content (AvgIpc) is 3.23. The van der Waals surface area contributed by atoms with Crippen molar-refractivity contribution < 1.29 is 22.8 Å². The van der Waals surface area contributed by atoms with E-state index in [0.29, 0.717) is 11.1 Å². The first kappa shape index (κ1) is 27.3. The molecule has 184 valence electrons. The Hall–Kier alpha value is -1.32. The van der Waals surface area contributed by atoms with E-state index in [2.05, 4.69) is 10.5 Å². The minimum atomic E-state index is -4.83. The van der Waals surface area contributed by atoms with Crippen LogP contribution in [0.5, 0.6) is 0 Å². The molecule has 0 spiro atoms. The summed E-state index contributed by atoms with van der Waals surface area (Å²) in [5, 5.41) is 6.26. The number of halogens is 7. The van der Waals surface area contributed by atoms with E-state index in [-0.39, 0.29) is 49.1 Å². The minimum Gasteiger partial charge on any atom is -0.374 e. The molecule has 0 fully saturated rings. The van der Waals surface area contributed by atoms with Gasteiger partial charge >= 0.3 is 6.18 Å². The van der Waals surface area contributed by atoms with Crippen LogP contribution in [-0.2, 0) is 21.8 Å². The fourth-order valence-corrected chi connectivity index (χ4v) is 4.95. The number of amides is 1. The minimum absolute atomic E-state index is 0.0463. The van der Waals surface area contributed by atoms with Crippen LogP contribution in [0.3, 0.4) is 0 Å². The van der Waals surface area contributed by atoms with Gasteiger partial charge in [-0.05, 0) is 36.4 Å². The fraction of sp³-hybridized carbons (Fsp3) is 0.364. The van der Waals surface area contributed by atoms with Gasteiger partial charge in [0.2, 0.25) is 5.91 Å². The molecule has 1 aliphatic rings. The number of alkyl halides is 3. The molecule has 1 N–H and O–H groups in total. The lowest BCUT2D eigenvalue weighted by atomic mass is 9.86. The van der Waals surface area contributed by atoms with Crippen LogP contribution in [0.15, 0.2) is 35.5 Å². The summed E-state index contributed by atoms with van der Waals surface area (Å²) in [6, 6.07) is 6.83. The van der Waals surface area contributed by atoms with Crippen molar-refractivity contribution in [2.45, 2.75) is 43.8 Å². The van der Waals surface area contributed by atoms with Crippen molar-refractivity contribution in [1.82, 2.24) is 5.32 Å². The van der Waals surface area contributed by atoms with Gasteiger partial charge in [0.25, 0.3) is 5.60 Å². The highest BCUT2D eigenvalue weighted by molar-refractivity contribution is 8.00. The van der Waals surface area contributed by atoms with E-state index in [1.165, 1.54) is 17.8 Å². The molecular formula is C22H19Cl4F3N2O2S. The lowest BCUT2D eigenvalue weighted by Gasteiger charge is -2.30. The van der Waals surface area contributed by atoms with Gasteiger partial charge in [-0.1, -0.05) is 70.6 Å². The van der Waals surface area contributed by atoms with Crippen LogP contribution in [0.4, 0.5) is 13.2 Å². The van der Waals surface area contributed by atoms with Crippen LogP contribution in [0.1, 0.15) is 37.0 Å². The number of benzene rings is 2. The van der Waals surface area contributed by atoms with Gasteiger partial charge in [0.05, 0.1) is 26.0 Å². The molecule has 0 aliphatic carbocycles. The van der Waals surface area contributed by atoms with E-state index in [4.69, 9.17) is 51.2 Å². The third-order valence-electron chi connectivity index (χ3n) is 5.26. The molecule has 2 atom stereocenters. The lowest BCUT2D eigenvalue weighted by molar-refractivity contribution is -0.275. The molecule has 1 amide bonds. The van der Waals surface area contributed by atoms with Gasteiger partial charge < -0.3 is 10.2 Å². The number of thioether (sulfide) groups is 1. The van der Waals surface area contributed by atoms with Crippen LogP contribution in [-0.4, -0.2) is 28.8 Å². The van der Waals surface area contributed by atoms with Crippen molar-refractivity contribution >= 4 is 69.8 Å². The van der Waals surface area contributed by atoms with Crippen molar-refractivity contribution in [2.24, 2.45) is 5.16 Å². The zero-order chi connectivity index (χ0) is 25.3. The van der Waals surface area contributed by atoms with E-state index in [1.807, 2.05) is 6.92 Å². The zero-order valence-electron chi connectivity index (χ0n) is 17.9. The summed E-state index contributed by atoms with van der Waals surface area (Å²) in [5.74, 6) is 0.679. The Labute approximate surface area is 219 Å². The summed E-state index contributed by atoms with van der Waals surface area (Å²) >= 11 is 25.7. The molecule has 1 heterocycles. The van der Waals surface area contributed by atoms with E-state index in [0.717, 1.165) is 17.9 Å². The Morgan fingerprint density at radius 2 is 1.82 bits per heavy atom. The molecule has 2 aromatic carbocycles. The number of carbonyl (C=O) groups is 1. The first-order chi connectivity index (χ1) is 15.9. The van der Waals surface area contributed by atoms with Crippen molar-refractivity contribution in [1.29, 1.82) is 0 Å². The summed E-state index contributed by atoms with van der Waals surface area (Å²) in [4.78, 5) is 17.1. The third-order valence-corrected chi connectivity index (χ3v) is 7.86. The highest BCUT2D eigenvalue weighted by Gasteiger charge is 2.62. The smallest absolute Gasteiger partial charge is 0.374 e. The number of nitrogens with one attached hydrogen (secondary N) is 1. The molecule has 0 bridgehead atoms. The number of carbonyl (C=O) groups excluding carboxylic acids is 1. The van der Waals surface area contributed by atoms with Gasteiger partial charge in [-0.2, -0.15) is 13.2 Å². The molecule has 0 saturated heterocycles. The summed E-state index contributed by atoms with van der Waals surface area (Å²) in [6.07, 6.45) is -5.46. The maximum atomic E-state index is 14.2. The van der Waals surface area contributed by atoms with Crippen molar-refractivity contribution in [2.75, 3.05) is 5.75 Å². The molecule has 0 radical (unpaired) electrons. The second kappa shape index (κ2) is 10.7. The Morgan fingerprint density at radius 1 is 1.18 bits per heavy atom. The first-order valence-electron chi connectivity index (χ1n) is 10.0. The average molecular weight is 574 g/mol. The van der Waals surface area contributed by atoms with Gasteiger partial charge in [-0.25, -0.2) is 0 Å². The molecule has 1 aliphatic heterocycles. The molecule has 12 heteroatoms. The molecule has 2 unspecified atom stereocenters. The van der Waals surface area contributed by atoms with Gasteiger partial charge in [0.15, 0.2) is 0 Å². The molecular weight excluding hydrogens is 555 g/mol. The van der Waals surface area contributed by atoms with Crippen LogP contribution >= 0.6 is 58.2 Å². The second-order valence-corrected chi connectivity index (χ2v) is 10.7. The van der Waals surface area contributed by atoms with Crippen LogP contribution < -0.4 is 5.32 Å². The van der Waals surface area contributed by atoms with Gasteiger partial charge in [0, 0.05) is 29.1 Å². The van der Waals surface area contributed by atoms with Crippen LogP contribution in [0, 0.1) is 0 Å². The molecule has 0 aromatic heterocycles. The normalized spacial score (nSPS) is 18.9. The van der Waals surface area contributed by atoms with Crippen molar-refractivity contribution in [3.8, 4) is 0 Å². The molecule has 4 nitrogen and oxygen atoms in total. The highest BCUT2D eigenvalue weighted by Crippen LogP contribution is 2.50. The molecule has 3 rings (SSSR count). The van der Waals surface area contributed by atoms with Crippen molar-refractivity contribution in [3.63, 3.8) is 0 Å². The van der Waals surface area contributed by atoms with Gasteiger partial charge in [-0.3, -0.25) is 4.79 Å². The maximum absolute atomic E-state index is 14.2. The van der Waals surface area contributed by atoms with Crippen LogP contribution in [0.2, 0.25) is 20.1 Å². The summed E-state index contributed by atoms with van der Waals surface area (Å²) in [7, 11) is 0. The van der Waals surface area contributed by atoms with E-state index in [9.17, 15) is 18.0 Å². The van der Waals surface area contributed by atoms with Crippen molar-refractivity contribution in [3.05, 3.63) is 67.1 Å². The topological polar surface area (TPSA) is 50.7 Å². The Kier molecular flexibility index (Phi) is 8.62. The zero-order valence-corrected chi connectivity index (χ0v) is 21.7. The Morgan fingerprint density at radius 3 is 2.38 bits per heavy atom. The number of nitrogens with zero attached hydrogens (tertiary/aromatic N) is 1. The summed E-state index contributed by atoms with van der Waals surface area (Å²) in [5.41, 5.74) is -2.09. The highest BCUT2D eigenvalue weighted by atomic mass is 35.5. The SMILES string of the molecule is CCSC(C)C(=O)NCc1ccc(C2=NOC(c3cc(Cl)c(Cl)c(Cl)c3)(C(F)(F)F)C2)cc1Cl. The largest absolute Gasteiger partial charge is 0.435 e. The summed E-state index contributed by atoms with van der Waals surface area (Å²) < 4.78 is 42.6. The predicted molar refractivity (Wildman–Crippen MR) is 132 cm³/mol. The maximum Gasteiger partial charge on any atom is 0.435 e. The van der Waals surface area contributed by atoms with E-state index in [1.54, 1.807) is 19.1 Å². The third kappa shape index (κ3) is 5.57. The predicted octanol–water partition coefficient (Wildman–Crippen LogP) is 7.64. The fourth-order valence-electron chi connectivity index (χ4n) is 3.37. The van der Waals surface area contributed by atoms with Gasteiger partial charge in [0.1, 0.15) is 0 Å². The number of hydrogen-bond donors (Lipinski definition) is 1. The Balaban J connectivity index is 1.83. The number of oxime groups is 1. The molecule has 34 heavy (non-hydrogen) atoms. The lowest BCUT2D eigenvalue weighted by Crippen LogP contribution is -2.42. The first-order valence-corrected chi connectivity index (χ1v) is 12.6. The summed E-state index contributed by atoms with van der Waals surface area (Å²) in [6.45, 7) is 3.95. The number of rotatable bonds is 7. The van der Waals surface area contributed by atoms with Gasteiger partial charge in [-0.15, -0.1) is 11.8 Å².